The van der Waals surface area contributed by atoms with Crippen molar-refractivity contribution in [1.29, 1.82) is 0 Å². The predicted molar refractivity (Wildman–Crippen MR) is 131 cm³/mol. The minimum Gasteiger partial charge on any atom is -0.350 e. The van der Waals surface area contributed by atoms with E-state index in [1.807, 2.05) is 0 Å². The molecule has 6 nitrogen and oxygen atoms in total. The molecule has 196 valence electrons. The molecule has 1 aromatic carbocycles. The van der Waals surface area contributed by atoms with Crippen LogP contribution in [0.25, 0.3) is 10.9 Å². The van der Waals surface area contributed by atoms with Crippen molar-refractivity contribution in [2.45, 2.75) is 42.9 Å². The summed E-state index contributed by atoms with van der Waals surface area (Å²) in [5.41, 5.74) is -1.87. The number of allylic oxidation sites excluding steroid dienone is 4. The van der Waals surface area contributed by atoms with Crippen LogP contribution in [0.1, 0.15) is 30.4 Å². The number of piperazine rings is 1. The first-order valence-electron chi connectivity index (χ1n) is 11.7. The molecular weight excluding hydrogens is 515 g/mol. The van der Waals surface area contributed by atoms with Gasteiger partial charge in [-0.05, 0) is 42.9 Å². The monoisotopic (exact) mass is 538 g/mol. The fourth-order valence-corrected chi connectivity index (χ4v) is 6.48. The number of aromatic nitrogens is 2. The van der Waals surface area contributed by atoms with Crippen molar-refractivity contribution < 1.29 is 26.7 Å². The number of anilines is 1. The molecule has 1 aromatic heterocycles. The second-order valence-electron chi connectivity index (χ2n) is 9.22. The lowest BCUT2D eigenvalue weighted by Gasteiger charge is -2.40. The summed E-state index contributed by atoms with van der Waals surface area (Å²) >= 11 is 1.11. The second-order valence-corrected chi connectivity index (χ2v) is 10.3. The molecule has 1 saturated heterocycles. The van der Waals surface area contributed by atoms with Gasteiger partial charge in [-0.15, -0.1) is 11.8 Å². The molecule has 12 heteroatoms. The minimum absolute atomic E-state index is 0.0828. The maximum absolute atomic E-state index is 14.7. The number of aryl methyl sites for hydroxylation is 1. The standard InChI is InChI=1S/C25H23F5N4O2S/c1-3-19(35)32-6-7-33(13(2)12-32)23-16-11-17(25(28,29)30)20(15-9-14(26)10-18(15)27)22-21(16)34(24(36)31-23)5-4-8-37-22/h3,9-11,13,15H,1,4-8,12H2,2H3/t13-,15?/m0/s1. The zero-order chi connectivity index (χ0) is 26.6. The largest absolute Gasteiger partial charge is 0.416 e. The van der Waals surface area contributed by atoms with E-state index < -0.39 is 40.6 Å². The molecule has 2 aliphatic heterocycles. The highest BCUT2D eigenvalue weighted by molar-refractivity contribution is 7.99. The molecule has 3 heterocycles. The van der Waals surface area contributed by atoms with Crippen LogP contribution in [-0.4, -0.2) is 51.8 Å². The molecule has 1 fully saturated rings. The Morgan fingerprint density at radius 2 is 2.00 bits per heavy atom. The van der Waals surface area contributed by atoms with Crippen molar-refractivity contribution in [3.63, 3.8) is 0 Å². The van der Waals surface area contributed by atoms with Gasteiger partial charge < -0.3 is 9.80 Å². The van der Waals surface area contributed by atoms with Crippen LogP contribution in [0.5, 0.6) is 0 Å². The van der Waals surface area contributed by atoms with Crippen molar-refractivity contribution in [2.75, 3.05) is 30.3 Å². The van der Waals surface area contributed by atoms with Crippen molar-refractivity contribution >= 4 is 34.4 Å². The van der Waals surface area contributed by atoms with E-state index in [9.17, 15) is 31.5 Å². The number of hydrogen-bond acceptors (Lipinski definition) is 5. The van der Waals surface area contributed by atoms with Crippen LogP contribution in [0.15, 0.2) is 52.2 Å². The van der Waals surface area contributed by atoms with Gasteiger partial charge in [0, 0.05) is 48.6 Å². The third kappa shape index (κ3) is 4.34. The van der Waals surface area contributed by atoms with Crippen LogP contribution in [0.3, 0.4) is 0 Å². The van der Waals surface area contributed by atoms with Crippen LogP contribution in [0.2, 0.25) is 0 Å². The van der Waals surface area contributed by atoms with Crippen molar-refractivity contribution in [2.24, 2.45) is 0 Å². The summed E-state index contributed by atoms with van der Waals surface area (Å²) < 4.78 is 73.4. The molecular formula is C25H23F5N4O2S. The predicted octanol–water partition coefficient (Wildman–Crippen LogP) is 4.94. The van der Waals surface area contributed by atoms with Crippen LogP contribution in [0, 0.1) is 0 Å². The summed E-state index contributed by atoms with van der Waals surface area (Å²) in [6, 6.07) is 0.551. The average molecular weight is 539 g/mol. The molecule has 0 bridgehead atoms. The van der Waals surface area contributed by atoms with Gasteiger partial charge in [-0.25, -0.2) is 13.6 Å². The number of thioether (sulfide) groups is 1. The van der Waals surface area contributed by atoms with E-state index in [1.54, 1.807) is 16.7 Å². The minimum atomic E-state index is -4.88. The Balaban J connectivity index is 1.79. The lowest BCUT2D eigenvalue weighted by atomic mass is 9.92. The van der Waals surface area contributed by atoms with Gasteiger partial charge in [0.2, 0.25) is 5.91 Å². The van der Waals surface area contributed by atoms with Crippen molar-refractivity contribution in [3.8, 4) is 0 Å². The van der Waals surface area contributed by atoms with E-state index in [1.165, 1.54) is 10.6 Å². The summed E-state index contributed by atoms with van der Waals surface area (Å²) in [7, 11) is 0. The van der Waals surface area contributed by atoms with Gasteiger partial charge in [0.15, 0.2) is 0 Å². The zero-order valence-electron chi connectivity index (χ0n) is 19.8. The Kier molecular flexibility index (Phi) is 6.41. The molecule has 0 spiro atoms. The zero-order valence-corrected chi connectivity index (χ0v) is 20.6. The Bertz CT molecular complexity index is 1430. The summed E-state index contributed by atoms with van der Waals surface area (Å²) in [5.74, 6) is -3.31. The van der Waals surface area contributed by atoms with E-state index in [0.717, 1.165) is 23.9 Å². The van der Waals surface area contributed by atoms with Gasteiger partial charge in [0.25, 0.3) is 0 Å². The summed E-state index contributed by atoms with van der Waals surface area (Å²) in [6.45, 7) is 6.30. The number of hydrogen-bond donors (Lipinski definition) is 0. The van der Waals surface area contributed by atoms with Crippen LogP contribution < -0.4 is 10.6 Å². The number of halogens is 5. The van der Waals surface area contributed by atoms with Crippen molar-refractivity contribution in [1.82, 2.24) is 14.5 Å². The van der Waals surface area contributed by atoms with Crippen LogP contribution in [-0.2, 0) is 17.5 Å². The van der Waals surface area contributed by atoms with Gasteiger partial charge in [0.1, 0.15) is 17.5 Å². The lowest BCUT2D eigenvalue weighted by Crippen LogP contribution is -2.54. The topological polar surface area (TPSA) is 58.4 Å². The summed E-state index contributed by atoms with van der Waals surface area (Å²) in [6.07, 6.45) is -1.78. The van der Waals surface area contributed by atoms with E-state index in [0.29, 0.717) is 18.2 Å². The highest BCUT2D eigenvalue weighted by Gasteiger charge is 2.41. The molecule has 1 amide bonds. The molecule has 37 heavy (non-hydrogen) atoms. The van der Waals surface area contributed by atoms with E-state index in [2.05, 4.69) is 11.6 Å². The van der Waals surface area contributed by atoms with Gasteiger partial charge in [-0.2, -0.15) is 18.2 Å². The number of amides is 1. The van der Waals surface area contributed by atoms with Crippen LogP contribution >= 0.6 is 11.8 Å². The number of rotatable bonds is 3. The van der Waals surface area contributed by atoms with Gasteiger partial charge in [0.05, 0.1) is 17.0 Å². The highest BCUT2D eigenvalue weighted by Crippen LogP contribution is 2.50. The second kappa shape index (κ2) is 9.30. The molecule has 3 aliphatic rings. The van der Waals surface area contributed by atoms with E-state index in [-0.39, 0.29) is 59.7 Å². The summed E-state index contributed by atoms with van der Waals surface area (Å²) in [4.78, 5) is 32.9. The molecule has 0 saturated carbocycles. The van der Waals surface area contributed by atoms with Gasteiger partial charge in [-0.1, -0.05) is 6.58 Å². The summed E-state index contributed by atoms with van der Waals surface area (Å²) in [5, 5.41) is 0.113. The third-order valence-corrected chi connectivity index (χ3v) is 8.11. The smallest absolute Gasteiger partial charge is 0.350 e. The first-order chi connectivity index (χ1) is 17.5. The lowest BCUT2D eigenvalue weighted by molar-refractivity contribution is -0.138. The Morgan fingerprint density at radius 1 is 1.24 bits per heavy atom. The van der Waals surface area contributed by atoms with Gasteiger partial charge >= 0.3 is 11.9 Å². The maximum Gasteiger partial charge on any atom is 0.416 e. The Labute approximate surface area is 213 Å². The quantitative estimate of drug-likeness (QED) is 0.410. The molecule has 2 aromatic rings. The average Bonchev–Trinajstić information content (AvgIpc) is 3.02. The molecule has 0 radical (unpaired) electrons. The number of benzene rings is 1. The number of carbonyl (C=O) groups is 1. The molecule has 0 N–H and O–H groups in total. The Morgan fingerprint density at radius 3 is 2.62 bits per heavy atom. The van der Waals surface area contributed by atoms with E-state index in [4.69, 9.17) is 0 Å². The molecule has 1 aliphatic carbocycles. The SMILES string of the molecule is C=CC(=O)N1CCN(c2nc(=O)n3c4c(c(C5C=C(F)C=C5F)c(C(F)(F)F)cc24)SCCC3)[C@@H](C)C1. The van der Waals surface area contributed by atoms with E-state index >= 15 is 0 Å². The van der Waals surface area contributed by atoms with Crippen LogP contribution in [0.4, 0.5) is 27.8 Å². The number of alkyl halides is 3. The molecule has 5 rings (SSSR count). The number of nitrogens with zero attached hydrogens (tertiary/aromatic N) is 4. The van der Waals surface area contributed by atoms with Crippen molar-refractivity contribution in [3.05, 3.63) is 64.1 Å². The third-order valence-electron chi connectivity index (χ3n) is 6.91. The fourth-order valence-electron chi connectivity index (χ4n) is 5.25. The maximum atomic E-state index is 14.7. The number of carbonyl (C=O) groups excluding carboxylic acids is 1. The Hall–Kier alpha value is -3.15. The normalized spacial score (nSPS) is 22.1. The molecule has 1 unspecified atom stereocenters. The fraction of sp³-hybridized carbons (Fsp3) is 0.400. The molecule has 2 atom stereocenters. The highest BCUT2D eigenvalue weighted by atomic mass is 32.2. The first kappa shape index (κ1) is 25.5. The first-order valence-corrected chi connectivity index (χ1v) is 12.7. The van der Waals surface area contributed by atoms with Gasteiger partial charge in [-0.3, -0.25) is 9.36 Å².